The van der Waals surface area contributed by atoms with Gasteiger partial charge in [0, 0.05) is 5.69 Å². The number of aromatic hydroxyl groups is 1. The second kappa shape index (κ2) is 5.81. The van der Waals surface area contributed by atoms with Gasteiger partial charge in [0.1, 0.15) is 11.4 Å². The van der Waals surface area contributed by atoms with Crippen molar-refractivity contribution in [3.05, 3.63) is 52.3 Å². The molecular weight excluding hydrogens is 305 g/mol. The number of nitrogens with zero attached hydrogens (tertiary/aromatic N) is 1. The molecule has 21 heavy (non-hydrogen) atoms. The van der Waals surface area contributed by atoms with Crippen LogP contribution in [0.4, 0.5) is 18.9 Å². The fourth-order valence-electron chi connectivity index (χ4n) is 1.85. The zero-order chi connectivity index (χ0) is 15.6. The normalized spacial score (nSPS) is 11.5. The maximum absolute atomic E-state index is 12.9. The van der Waals surface area contributed by atoms with Crippen LogP contribution in [0.5, 0.6) is 5.75 Å². The van der Waals surface area contributed by atoms with Crippen LogP contribution in [0.3, 0.4) is 0 Å². The van der Waals surface area contributed by atoms with Gasteiger partial charge in [-0.25, -0.2) is 0 Å². The van der Waals surface area contributed by atoms with Gasteiger partial charge in [-0.1, -0.05) is 17.7 Å². The number of halogens is 4. The summed E-state index contributed by atoms with van der Waals surface area (Å²) in [6, 6.07) is 6.59. The van der Waals surface area contributed by atoms with Gasteiger partial charge in [-0.2, -0.15) is 13.2 Å². The summed E-state index contributed by atoms with van der Waals surface area (Å²) in [5.41, 5.74) is -0.181. The number of hydrogen-bond donors (Lipinski definition) is 2. The van der Waals surface area contributed by atoms with Crippen LogP contribution in [0.1, 0.15) is 17.0 Å². The number of pyridine rings is 1. The van der Waals surface area contributed by atoms with Gasteiger partial charge in [0.2, 0.25) is 0 Å². The van der Waals surface area contributed by atoms with E-state index in [2.05, 4.69) is 10.3 Å². The lowest BCUT2D eigenvalue weighted by molar-refractivity contribution is -0.136. The van der Waals surface area contributed by atoms with Crippen LogP contribution in [0.15, 0.2) is 30.3 Å². The van der Waals surface area contributed by atoms with E-state index in [1.807, 2.05) is 0 Å². The minimum Gasteiger partial charge on any atom is -0.506 e. The van der Waals surface area contributed by atoms with Gasteiger partial charge in [-0.3, -0.25) is 4.98 Å². The molecule has 2 aromatic rings. The maximum Gasteiger partial charge on any atom is 0.418 e. The van der Waals surface area contributed by atoms with Gasteiger partial charge in [0.25, 0.3) is 0 Å². The Hall–Kier alpha value is -1.95. The molecule has 2 rings (SSSR count). The third-order valence-corrected chi connectivity index (χ3v) is 3.16. The number of aryl methyl sites for hydroxylation is 1. The molecule has 1 aromatic heterocycles. The van der Waals surface area contributed by atoms with E-state index in [1.54, 1.807) is 13.0 Å². The zero-order valence-electron chi connectivity index (χ0n) is 11.0. The van der Waals surface area contributed by atoms with E-state index in [0.29, 0.717) is 5.69 Å². The number of anilines is 1. The van der Waals surface area contributed by atoms with E-state index in [1.165, 1.54) is 18.2 Å². The molecule has 1 heterocycles. The summed E-state index contributed by atoms with van der Waals surface area (Å²) >= 11 is 5.83. The Kier molecular flexibility index (Phi) is 4.27. The summed E-state index contributed by atoms with van der Waals surface area (Å²) in [5.74, 6) is -0.0892. The summed E-state index contributed by atoms with van der Waals surface area (Å²) in [7, 11) is 0. The third kappa shape index (κ3) is 3.58. The number of alkyl halides is 3. The van der Waals surface area contributed by atoms with Crippen molar-refractivity contribution >= 4 is 17.3 Å². The van der Waals surface area contributed by atoms with Crippen molar-refractivity contribution in [1.29, 1.82) is 0 Å². The van der Waals surface area contributed by atoms with Gasteiger partial charge in [-0.05, 0) is 31.2 Å². The fourth-order valence-corrected chi connectivity index (χ4v) is 2.09. The summed E-state index contributed by atoms with van der Waals surface area (Å²) < 4.78 is 38.8. The van der Waals surface area contributed by atoms with E-state index in [-0.39, 0.29) is 28.7 Å². The fraction of sp³-hybridized carbons (Fsp3) is 0.214. The van der Waals surface area contributed by atoms with Gasteiger partial charge in [-0.15, -0.1) is 0 Å². The summed E-state index contributed by atoms with van der Waals surface area (Å²) in [4.78, 5) is 4.07. The molecule has 0 bridgehead atoms. The summed E-state index contributed by atoms with van der Waals surface area (Å²) in [6.45, 7) is 1.65. The number of hydrogen-bond acceptors (Lipinski definition) is 3. The Morgan fingerprint density at radius 3 is 2.62 bits per heavy atom. The molecule has 0 aliphatic carbocycles. The van der Waals surface area contributed by atoms with Crippen molar-refractivity contribution in [3.8, 4) is 5.75 Å². The lowest BCUT2D eigenvalue weighted by atomic mass is 10.1. The molecule has 7 heteroatoms. The lowest BCUT2D eigenvalue weighted by Crippen LogP contribution is -2.12. The van der Waals surface area contributed by atoms with E-state index in [4.69, 9.17) is 11.6 Å². The van der Waals surface area contributed by atoms with E-state index < -0.39 is 11.7 Å². The largest absolute Gasteiger partial charge is 0.506 e. The van der Waals surface area contributed by atoms with E-state index in [9.17, 15) is 18.3 Å². The Labute approximate surface area is 124 Å². The molecular formula is C14H12ClF3N2O. The number of rotatable bonds is 3. The number of para-hydroxylation sites is 1. The average molecular weight is 317 g/mol. The monoisotopic (exact) mass is 316 g/mol. The predicted octanol–water partition coefficient (Wildman–Crippen LogP) is 4.38. The smallest absolute Gasteiger partial charge is 0.418 e. The molecule has 0 amide bonds. The standard InChI is InChI=1S/C14H12ClF3N2O/c1-8-5-6-12(21)11(20-8)7-19-13-9(14(16,17)18)3-2-4-10(13)15/h2-6,19,21H,7H2,1H3. The van der Waals surface area contributed by atoms with Crippen LogP contribution in [0.2, 0.25) is 5.02 Å². The SMILES string of the molecule is Cc1ccc(O)c(CNc2c(Cl)cccc2C(F)(F)F)n1. The van der Waals surface area contributed by atoms with Crippen molar-refractivity contribution in [2.45, 2.75) is 19.6 Å². The van der Waals surface area contributed by atoms with Crippen LogP contribution in [-0.2, 0) is 12.7 Å². The Morgan fingerprint density at radius 1 is 1.24 bits per heavy atom. The van der Waals surface area contributed by atoms with Crippen LogP contribution in [-0.4, -0.2) is 10.1 Å². The van der Waals surface area contributed by atoms with Gasteiger partial charge < -0.3 is 10.4 Å². The van der Waals surface area contributed by atoms with Crippen LogP contribution in [0.25, 0.3) is 0 Å². The first-order valence-corrected chi connectivity index (χ1v) is 6.42. The Bertz CT molecular complexity index is 659. The third-order valence-electron chi connectivity index (χ3n) is 2.84. The van der Waals surface area contributed by atoms with Crippen LogP contribution in [0, 0.1) is 6.92 Å². The van der Waals surface area contributed by atoms with Gasteiger partial charge >= 0.3 is 6.18 Å². The van der Waals surface area contributed by atoms with Crippen LogP contribution >= 0.6 is 11.6 Å². The van der Waals surface area contributed by atoms with E-state index >= 15 is 0 Å². The number of benzene rings is 1. The predicted molar refractivity (Wildman–Crippen MR) is 74.4 cm³/mol. The molecule has 0 saturated carbocycles. The summed E-state index contributed by atoms with van der Waals surface area (Å²) in [5, 5.41) is 12.2. The Morgan fingerprint density at radius 2 is 1.95 bits per heavy atom. The molecule has 0 saturated heterocycles. The zero-order valence-corrected chi connectivity index (χ0v) is 11.8. The highest BCUT2D eigenvalue weighted by Gasteiger charge is 2.34. The molecule has 2 N–H and O–H groups in total. The lowest BCUT2D eigenvalue weighted by Gasteiger charge is -2.16. The van der Waals surface area contributed by atoms with Crippen molar-refractivity contribution in [2.24, 2.45) is 0 Å². The average Bonchev–Trinajstić information content (AvgIpc) is 2.39. The highest BCUT2D eigenvalue weighted by atomic mass is 35.5. The molecule has 3 nitrogen and oxygen atoms in total. The maximum atomic E-state index is 12.9. The van der Waals surface area contributed by atoms with Crippen molar-refractivity contribution in [3.63, 3.8) is 0 Å². The van der Waals surface area contributed by atoms with Gasteiger partial charge in [0.15, 0.2) is 0 Å². The molecule has 0 radical (unpaired) electrons. The molecule has 0 fully saturated rings. The Balaban J connectivity index is 2.30. The first kappa shape index (κ1) is 15.4. The number of aromatic nitrogens is 1. The van der Waals surface area contributed by atoms with Crippen LogP contribution < -0.4 is 5.32 Å². The highest BCUT2D eigenvalue weighted by molar-refractivity contribution is 6.33. The molecule has 0 atom stereocenters. The highest BCUT2D eigenvalue weighted by Crippen LogP contribution is 2.38. The first-order chi connectivity index (χ1) is 9.79. The topological polar surface area (TPSA) is 45.1 Å². The first-order valence-electron chi connectivity index (χ1n) is 6.04. The minimum absolute atomic E-state index is 0.0445. The number of nitrogens with one attached hydrogen (secondary N) is 1. The van der Waals surface area contributed by atoms with E-state index in [0.717, 1.165) is 6.07 Å². The second-order valence-corrected chi connectivity index (χ2v) is 4.84. The molecule has 112 valence electrons. The molecule has 0 unspecified atom stereocenters. The summed E-state index contributed by atoms with van der Waals surface area (Å²) in [6.07, 6.45) is -4.52. The van der Waals surface area contributed by atoms with Gasteiger partial charge in [0.05, 0.1) is 22.8 Å². The molecule has 0 spiro atoms. The van der Waals surface area contributed by atoms with Crippen molar-refractivity contribution in [2.75, 3.05) is 5.32 Å². The molecule has 0 aliphatic heterocycles. The van der Waals surface area contributed by atoms with Crippen molar-refractivity contribution in [1.82, 2.24) is 4.98 Å². The van der Waals surface area contributed by atoms with Crippen molar-refractivity contribution < 1.29 is 18.3 Å². The molecule has 0 aliphatic rings. The minimum atomic E-state index is -4.52. The molecule has 1 aromatic carbocycles. The second-order valence-electron chi connectivity index (χ2n) is 4.43. The quantitative estimate of drug-likeness (QED) is 0.883.